The van der Waals surface area contributed by atoms with E-state index in [4.69, 9.17) is 5.73 Å². The molecule has 1 heterocycles. The second-order valence-electron chi connectivity index (χ2n) is 8.03. The molecule has 0 bridgehead atoms. The maximum Gasteiger partial charge on any atom is 0.332 e. The van der Waals surface area contributed by atoms with E-state index in [2.05, 4.69) is 0 Å². The summed E-state index contributed by atoms with van der Waals surface area (Å²) in [5, 5.41) is 11.1. The Morgan fingerprint density at radius 2 is 1.79 bits per heavy atom. The predicted molar refractivity (Wildman–Crippen MR) is 129 cm³/mol. The SMILES string of the molecule is CCn1c(=O)c(C(=O)CN(C)C(C)c2cccc([N+](=O)[O-])c2)c(N)n(Cc2ccccc2)c1=O. The maximum atomic E-state index is 13.2. The van der Waals surface area contributed by atoms with Gasteiger partial charge in [-0.05, 0) is 32.0 Å². The summed E-state index contributed by atoms with van der Waals surface area (Å²) >= 11 is 0. The maximum absolute atomic E-state index is 13.2. The van der Waals surface area contributed by atoms with Crippen molar-refractivity contribution in [2.75, 3.05) is 19.3 Å². The van der Waals surface area contributed by atoms with E-state index in [9.17, 15) is 24.5 Å². The van der Waals surface area contributed by atoms with Crippen LogP contribution in [0.2, 0.25) is 0 Å². The lowest BCUT2D eigenvalue weighted by Crippen LogP contribution is -2.45. The molecule has 2 N–H and O–H groups in total. The number of nitrogen functional groups attached to an aromatic ring is 1. The number of aromatic nitrogens is 2. The fourth-order valence-electron chi connectivity index (χ4n) is 3.77. The third-order valence-corrected chi connectivity index (χ3v) is 5.86. The van der Waals surface area contributed by atoms with Gasteiger partial charge in [0.05, 0.1) is 18.0 Å². The molecule has 0 radical (unpaired) electrons. The Morgan fingerprint density at radius 3 is 2.41 bits per heavy atom. The average molecular weight is 466 g/mol. The molecule has 2 aromatic carbocycles. The molecule has 3 rings (SSSR count). The monoisotopic (exact) mass is 465 g/mol. The lowest BCUT2D eigenvalue weighted by molar-refractivity contribution is -0.384. The van der Waals surface area contributed by atoms with Gasteiger partial charge in [0.15, 0.2) is 5.78 Å². The number of nitrogens with zero attached hydrogens (tertiary/aromatic N) is 4. The fourth-order valence-corrected chi connectivity index (χ4v) is 3.77. The first kappa shape index (κ1) is 24.6. The molecule has 0 amide bonds. The number of nitro benzene ring substituents is 1. The van der Waals surface area contributed by atoms with Gasteiger partial charge < -0.3 is 5.73 Å². The number of likely N-dealkylation sites (N-methyl/N-ethyl adjacent to an activating group) is 1. The summed E-state index contributed by atoms with van der Waals surface area (Å²) in [6.45, 7) is 3.49. The molecule has 0 aliphatic heterocycles. The lowest BCUT2D eigenvalue weighted by Gasteiger charge is -2.24. The van der Waals surface area contributed by atoms with Crippen LogP contribution in [-0.2, 0) is 13.1 Å². The largest absolute Gasteiger partial charge is 0.384 e. The molecule has 0 spiro atoms. The van der Waals surface area contributed by atoms with Crippen molar-refractivity contribution >= 4 is 17.3 Å². The zero-order valence-electron chi connectivity index (χ0n) is 19.3. The molecule has 10 nitrogen and oxygen atoms in total. The first-order valence-electron chi connectivity index (χ1n) is 10.8. The summed E-state index contributed by atoms with van der Waals surface area (Å²) in [5.74, 6) is -0.712. The standard InChI is InChI=1S/C24H27N5O5/c1-4-27-23(31)21(22(25)28(24(27)32)14-17-9-6-5-7-10-17)20(30)15-26(3)16(2)18-11-8-12-19(13-18)29(33)34/h5-13,16H,4,14-15,25H2,1-3H3. The molecule has 0 saturated heterocycles. The van der Waals surface area contributed by atoms with Gasteiger partial charge in [-0.3, -0.25) is 33.7 Å². The molecule has 0 aliphatic rings. The number of non-ortho nitro benzene ring substituents is 1. The van der Waals surface area contributed by atoms with Crippen LogP contribution in [0, 0.1) is 10.1 Å². The van der Waals surface area contributed by atoms with E-state index in [1.54, 1.807) is 37.9 Å². The number of anilines is 1. The van der Waals surface area contributed by atoms with Crippen LogP contribution in [0.4, 0.5) is 11.5 Å². The summed E-state index contributed by atoms with van der Waals surface area (Å²) in [5.41, 5.74) is 6.06. The predicted octanol–water partition coefficient (Wildman–Crippen LogP) is 2.44. The van der Waals surface area contributed by atoms with E-state index in [-0.39, 0.29) is 42.7 Å². The molecule has 34 heavy (non-hydrogen) atoms. The fraction of sp³-hybridized carbons (Fsp3) is 0.292. The van der Waals surface area contributed by atoms with Crippen molar-refractivity contribution in [1.82, 2.24) is 14.0 Å². The Morgan fingerprint density at radius 1 is 1.12 bits per heavy atom. The highest BCUT2D eigenvalue weighted by atomic mass is 16.6. The zero-order valence-corrected chi connectivity index (χ0v) is 19.3. The van der Waals surface area contributed by atoms with E-state index >= 15 is 0 Å². The molecule has 0 aliphatic carbocycles. The number of rotatable bonds is 9. The van der Waals surface area contributed by atoms with E-state index < -0.39 is 22.0 Å². The van der Waals surface area contributed by atoms with Gasteiger partial charge in [-0.25, -0.2) is 4.79 Å². The number of carbonyl (C=O) groups excluding carboxylic acids is 1. The summed E-state index contributed by atoms with van der Waals surface area (Å²) in [4.78, 5) is 51.4. The van der Waals surface area contributed by atoms with E-state index in [1.807, 2.05) is 30.3 Å². The van der Waals surface area contributed by atoms with Crippen LogP contribution in [0.25, 0.3) is 0 Å². The van der Waals surface area contributed by atoms with Crippen molar-refractivity contribution < 1.29 is 9.72 Å². The minimum Gasteiger partial charge on any atom is -0.384 e. The van der Waals surface area contributed by atoms with Crippen molar-refractivity contribution in [3.8, 4) is 0 Å². The Balaban J connectivity index is 1.95. The Hall–Kier alpha value is -4.05. The highest BCUT2D eigenvalue weighted by molar-refractivity contribution is 6.01. The number of benzene rings is 2. The molecule has 10 heteroatoms. The molecule has 3 aromatic rings. The first-order valence-corrected chi connectivity index (χ1v) is 10.8. The van der Waals surface area contributed by atoms with Crippen molar-refractivity contribution in [1.29, 1.82) is 0 Å². The number of hydrogen-bond donors (Lipinski definition) is 1. The average Bonchev–Trinajstić information content (AvgIpc) is 2.82. The quantitative estimate of drug-likeness (QED) is 0.291. The number of nitrogens with two attached hydrogens (primary N) is 1. The number of nitro groups is 1. The van der Waals surface area contributed by atoms with Gasteiger partial charge in [-0.1, -0.05) is 42.5 Å². The third-order valence-electron chi connectivity index (χ3n) is 5.86. The van der Waals surface area contributed by atoms with Crippen molar-refractivity contribution in [2.45, 2.75) is 33.0 Å². The first-order chi connectivity index (χ1) is 16.1. The van der Waals surface area contributed by atoms with Crippen LogP contribution in [0.3, 0.4) is 0 Å². The van der Waals surface area contributed by atoms with Crippen molar-refractivity contribution in [2.24, 2.45) is 0 Å². The number of carbonyl (C=O) groups is 1. The number of hydrogen-bond acceptors (Lipinski definition) is 7. The van der Waals surface area contributed by atoms with Gasteiger partial charge in [0.1, 0.15) is 11.4 Å². The van der Waals surface area contributed by atoms with E-state index in [0.717, 1.165) is 10.1 Å². The summed E-state index contributed by atoms with van der Waals surface area (Å²) in [6, 6.07) is 14.9. The van der Waals surface area contributed by atoms with Gasteiger partial charge in [0.25, 0.3) is 11.2 Å². The molecule has 0 saturated carbocycles. The van der Waals surface area contributed by atoms with Crippen LogP contribution in [0.15, 0.2) is 64.2 Å². The van der Waals surface area contributed by atoms with Crippen LogP contribution in [0.1, 0.15) is 41.4 Å². The molecule has 1 aromatic heterocycles. The Bertz CT molecular complexity index is 1330. The lowest BCUT2D eigenvalue weighted by atomic mass is 10.1. The van der Waals surface area contributed by atoms with Crippen molar-refractivity contribution in [3.63, 3.8) is 0 Å². The summed E-state index contributed by atoms with van der Waals surface area (Å²) < 4.78 is 2.23. The molecule has 1 atom stereocenters. The molecular formula is C24H27N5O5. The van der Waals surface area contributed by atoms with Crippen LogP contribution in [-0.4, -0.2) is 38.3 Å². The number of Topliss-reactive ketones (excluding diaryl/α,β-unsaturated/α-hetero) is 1. The van der Waals surface area contributed by atoms with Gasteiger partial charge in [0, 0.05) is 24.7 Å². The summed E-state index contributed by atoms with van der Waals surface area (Å²) in [7, 11) is 1.68. The number of ketones is 1. The second kappa shape index (κ2) is 10.3. The van der Waals surface area contributed by atoms with Crippen LogP contribution in [0.5, 0.6) is 0 Å². The van der Waals surface area contributed by atoms with Crippen LogP contribution >= 0.6 is 0 Å². The van der Waals surface area contributed by atoms with Crippen molar-refractivity contribution in [3.05, 3.63) is 102 Å². The minimum absolute atomic E-state index is 0.0489. The summed E-state index contributed by atoms with van der Waals surface area (Å²) in [6.07, 6.45) is 0. The highest BCUT2D eigenvalue weighted by Gasteiger charge is 2.25. The smallest absolute Gasteiger partial charge is 0.332 e. The molecule has 0 fully saturated rings. The minimum atomic E-state index is -0.726. The highest BCUT2D eigenvalue weighted by Crippen LogP contribution is 2.23. The molecular weight excluding hydrogens is 438 g/mol. The Kier molecular flexibility index (Phi) is 7.42. The van der Waals surface area contributed by atoms with Gasteiger partial charge >= 0.3 is 5.69 Å². The van der Waals surface area contributed by atoms with Crippen LogP contribution < -0.4 is 17.0 Å². The van der Waals surface area contributed by atoms with Gasteiger partial charge in [-0.15, -0.1) is 0 Å². The van der Waals surface area contributed by atoms with E-state index in [1.165, 1.54) is 16.7 Å². The normalized spacial score (nSPS) is 12.0. The molecule has 1 unspecified atom stereocenters. The second-order valence-corrected chi connectivity index (χ2v) is 8.03. The topological polar surface area (TPSA) is 133 Å². The zero-order chi connectivity index (χ0) is 25.0. The third kappa shape index (κ3) is 4.96. The van der Waals surface area contributed by atoms with Gasteiger partial charge in [0.2, 0.25) is 0 Å². The molecule has 178 valence electrons. The van der Waals surface area contributed by atoms with Gasteiger partial charge in [-0.2, -0.15) is 0 Å². The van der Waals surface area contributed by atoms with E-state index in [0.29, 0.717) is 5.56 Å². The Labute approximate surface area is 196 Å².